The molecule has 10 heteroatoms. The Morgan fingerprint density at radius 3 is 2.47 bits per heavy atom. The molecule has 0 spiro atoms. The molecule has 1 atom stereocenters. The zero-order chi connectivity index (χ0) is 24.3. The molecule has 0 aromatic heterocycles. The van der Waals surface area contributed by atoms with E-state index < -0.39 is 16.1 Å². The Labute approximate surface area is 199 Å². The molecule has 34 heavy (non-hydrogen) atoms. The lowest BCUT2D eigenvalue weighted by molar-refractivity contribution is -0.132. The monoisotopic (exact) mass is 487 g/mol. The number of fused-ring (bicyclic) bond motifs is 1. The van der Waals surface area contributed by atoms with Crippen LogP contribution in [0.1, 0.15) is 25.3 Å². The second-order valence-electron chi connectivity index (χ2n) is 8.29. The Hall–Kier alpha value is -3.11. The fraction of sp³-hybridized carbons (Fsp3) is 0.417. The maximum Gasteiger partial charge on any atom is 0.265 e. The summed E-state index contributed by atoms with van der Waals surface area (Å²) in [5.74, 6) is 0.947. The van der Waals surface area contributed by atoms with Gasteiger partial charge in [0.25, 0.3) is 5.91 Å². The maximum absolute atomic E-state index is 13.2. The van der Waals surface area contributed by atoms with Gasteiger partial charge in [-0.05, 0) is 48.7 Å². The minimum atomic E-state index is -3.77. The Morgan fingerprint density at radius 1 is 1.12 bits per heavy atom. The van der Waals surface area contributed by atoms with E-state index in [0.717, 1.165) is 11.3 Å². The first-order valence-corrected chi connectivity index (χ1v) is 12.8. The van der Waals surface area contributed by atoms with E-state index in [0.29, 0.717) is 43.8 Å². The molecule has 0 saturated carbocycles. The van der Waals surface area contributed by atoms with Crippen LogP contribution in [-0.2, 0) is 26.0 Å². The molecule has 9 nitrogen and oxygen atoms in total. The zero-order valence-electron chi connectivity index (χ0n) is 19.3. The van der Waals surface area contributed by atoms with E-state index in [9.17, 15) is 18.0 Å². The third-order valence-corrected chi connectivity index (χ3v) is 8.05. The summed E-state index contributed by atoms with van der Waals surface area (Å²) in [5.41, 5.74) is 1.40. The van der Waals surface area contributed by atoms with Crippen molar-refractivity contribution in [1.29, 1.82) is 0 Å². The van der Waals surface area contributed by atoms with Crippen molar-refractivity contribution < 1.29 is 27.5 Å². The molecule has 0 radical (unpaired) electrons. The number of rotatable bonds is 7. The molecule has 1 N–H and O–H groups in total. The number of anilines is 1. The third-order valence-electron chi connectivity index (χ3n) is 6.16. The maximum atomic E-state index is 13.2. The average Bonchev–Trinajstić information content (AvgIpc) is 2.86. The number of carbonyl (C=O) groups is 2. The first-order valence-electron chi connectivity index (χ1n) is 11.3. The molecule has 0 bridgehead atoms. The summed E-state index contributed by atoms with van der Waals surface area (Å²) in [6, 6.07) is 12.1. The lowest BCUT2D eigenvalue weighted by atomic mass is 10.1. The van der Waals surface area contributed by atoms with Crippen LogP contribution in [0.2, 0.25) is 0 Å². The van der Waals surface area contributed by atoms with Gasteiger partial charge in [0.1, 0.15) is 11.5 Å². The van der Waals surface area contributed by atoms with Crippen LogP contribution in [0.4, 0.5) is 5.69 Å². The summed E-state index contributed by atoms with van der Waals surface area (Å²) >= 11 is 0. The summed E-state index contributed by atoms with van der Waals surface area (Å²) in [4.78, 5) is 26.5. The van der Waals surface area contributed by atoms with Crippen LogP contribution >= 0.6 is 0 Å². The van der Waals surface area contributed by atoms with Crippen LogP contribution in [0.25, 0.3) is 0 Å². The zero-order valence-corrected chi connectivity index (χ0v) is 20.1. The average molecular weight is 488 g/mol. The highest BCUT2D eigenvalue weighted by atomic mass is 32.2. The molecule has 2 aromatic rings. The van der Waals surface area contributed by atoms with Crippen LogP contribution in [0.15, 0.2) is 47.4 Å². The lowest BCUT2D eigenvalue weighted by Crippen LogP contribution is -2.50. The largest absolute Gasteiger partial charge is 0.497 e. The van der Waals surface area contributed by atoms with Gasteiger partial charge in [-0.15, -0.1) is 0 Å². The highest BCUT2D eigenvalue weighted by Gasteiger charge is 2.32. The van der Waals surface area contributed by atoms with E-state index in [1.807, 2.05) is 31.2 Å². The van der Waals surface area contributed by atoms with Crippen molar-refractivity contribution in [3.05, 3.63) is 48.0 Å². The SMILES string of the molecule is CCC1Oc2ccc(S(=O)(=O)N3CCN(C(=O)CCc4ccc(OC)cc4)CC3)cc2NC1=O. The number of nitrogens with one attached hydrogen (secondary N) is 1. The van der Waals surface area contributed by atoms with Crippen LogP contribution in [0.5, 0.6) is 11.5 Å². The number of carbonyl (C=O) groups excluding carboxylic acids is 2. The number of amides is 2. The van der Waals surface area contributed by atoms with Gasteiger partial charge in [-0.2, -0.15) is 4.31 Å². The topological polar surface area (TPSA) is 105 Å². The van der Waals surface area contributed by atoms with Gasteiger partial charge in [-0.1, -0.05) is 19.1 Å². The third kappa shape index (κ3) is 5.02. The van der Waals surface area contributed by atoms with Gasteiger partial charge in [0, 0.05) is 32.6 Å². The lowest BCUT2D eigenvalue weighted by Gasteiger charge is -2.34. The standard InChI is InChI=1S/C24H29N3O6S/c1-3-21-24(29)25-20-16-19(9-10-22(20)33-21)34(30,31)27-14-12-26(13-15-27)23(28)11-6-17-4-7-18(32-2)8-5-17/h4-5,7-10,16,21H,3,6,11-15H2,1-2H3,(H,25,29). The summed E-state index contributed by atoms with van der Waals surface area (Å²) in [6.07, 6.45) is 0.921. The first-order chi connectivity index (χ1) is 16.3. The van der Waals surface area contributed by atoms with Gasteiger partial charge < -0.3 is 19.7 Å². The summed E-state index contributed by atoms with van der Waals surface area (Å²) < 4.78 is 38.5. The smallest absolute Gasteiger partial charge is 0.265 e. The number of nitrogens with zero attached hydrogens (tertiary/aromatic N) is 2. The van der Waals surface area contributed by atoms with E-state index in [-0.39, 0.29) is 29.8 Å². The van der Waals surface area contributed by atoms with Crippen LogP contribution < -0.4 is 14.8 Å². The van der Waals surface area contributed by atoms with Crippen molar-refractivity contribution in [3.8, 4) is 11.5 Å². The number of hydrogen-bond donors (Lipinski definition) is 1. The molecule has 1 unspecified atom stereocenters. The Morgan fingerprint density at radius 2 is 1.82 bits per heavy atom. The quantitative estimate of drug-likeness (QED) is 0.642. The Balaban J connectivity index is 1.34. The summed E-state index contributed by atoms with van der Waals surface area (Å²) in [5, 5.41) is 2.73. The predicted octanol–water partition coefficient (Wildman–Crippen LogP) is 2.27. The van der Waals surface area contributed by atoms with Gasteiger partial charge in [-0.25, -0.2) is 8.42 Å². The number of ether oxygens (including phenoxy) is 2. The molecule has 4 rings (SSSR count). The van der Waals surface area contributed by atoms with E-state index in [1.54, 1.807) is 18.1 Å². The van der Waals surface area contributed by atoms with Gasteiger partial charge in [-0.3, -0.25) is 9.59 Å². The van der Waals surface area contributed by atoms with Crippen molar-refractivity contribution in [2.45, 2.75) is 37.2 Å². The number of aryl methyl sites for hydroxylation is 1. The highest BCUT2D eigenvalue weighted by molar-refractivity contribution is 7.89. The van der Waals surface area contributed by atoms with Crippen molar-refractivity contribution in [2.75, 3.05) is 38.6 Å². The van der Waals surface area contributed by atoms with Crippen molar-refractivity contribution >= 4 is 27.5 Å². The van der Waals surface area contributed by atoms with Crippen LogP contribution in [-0.4, -0.2) is 68.8 Å². The van der Waals surface area contributed by atoms with E-state index >= 15 is 0 Å². The molecular formula is C24H29N3O6S. The van der Waals surface area contributed by atoms with Crippen molar-refractivity contribution in [2.24, 2.45) is 0 Å². The van der Waals surface area contributed by atoms with E-state index in [2.05, 4.69) is 5.32 Å². The second kappa shape index (κ2) is 10.0. The first kappa shape index (κ1) is 24.0. The normalized spacial score (nSPS) is 18.6. The number of methoxy groups -OCH3 is 1. The minimum absolute atomic E-state index is 0.00647. The molecule has 2 aliphatic rings. The molecule has 2 aromatic carbocycles. The number of benzene rings is 2. The Kier molecular flexibility index (Phi) is 7.08. The molecule has 1 saturated heterocycles. The van der Waals surface area contributed by atoms with Crippen molar-refractivity contribution in [1.82, 2.24) is 9.21 Å². The molecule has 2 aliphatic heterocycles. The predicted molar refractivity (Wildman–Crippen MR) is 126 cm³/mol. The molecular weight excluding hydrogens is 458 g/mol. The van der Waals surface area contributed by atoms with Gasteiger partial charge >= 0.3 is 0 Å². The van der Waals surface area contributed by atoms with Crippen LogP contribution in [0.3, 0.4) is 0 Å². The number of hydrogen-bond acceptors (Lipinski definition) is 6. The molecule has 0 aliphatic carbocycles. The number of piperazine rings is 1. The minimum Gasteiger partial charge on any atom is -0.497 e. The molecule has 1 fully saturated rings. The van der Waals surface area contributed by atoms with Gasteiger partial charge in [0.05, 0.1) is 17.7 Å². The Bertz CT molecular complexity index is 1160. The summed E-state index contributed by atoms with van der Waals surface area (Å²) in [6.45, 7) is 2.95. The van der Waals surface area contributed by atoms with Gasteiger partial charge in [0.2, 0.25) is 15.9 Å². The molecule has 2 amide bonds. The molecule has 182 valence electrons. The van der Waals surface area contributed by atoms with Crippen LogP contribution in [0, 0.1) is 0 Å². The second-order valence-corrected chi connectivity index (χ2v) is 10.2. The number of sulfonamides is 1. The summed E-state index contributed by atoms with van der Waals surface area (Å²) in [7, 11) is -2.16. The fourth-order valence-electron chi connectivity index (χ4n) is 4.09. The van der Waals surface area contributed by atoms with Crippen molar-refractivity contribution in [3.63, 3.8) is 0 Å². The fourth-order valence-corrected chi connectivity index (χ4v) is 5.54. The van der Waals surface area contributed by atoms with E-state index in [1.165, 1.54) is 16.4 Å². The van der Waals surface area contributed by atoms with Gasteiger partial charge in [0.15, 0.2) is 6.10 Å². The molecule has 2 heterocycles. The van der Waals surface area contributed by atoms with E-state index in [4.69, 9.17) is 9.47 Å². The highest BCUT2D eigenvalue weighted by Crippen LogP contribution is 2.33.